The molecule has 0 bridgehead atoms. The van der Waals surface area contributed by atoms with Crippen molar-refractivity contribution in [2.24, 2.45) is 0 Å². The highest BCUT2D eigenvalue weighted by atomic mass is 32.1. The number of aromatic nitrogens is 4. The molecule has 0 radical (unpaired) electrons. The maximum atomic E-state index is 12.3. The minimum Gasteiger partial charge on any atom is -0.494 e. The van der Waals surface area contributed by atoms with E-state index in [9.17, 15) is 10.5 Å². The van der Waals surface area contributed by atoms with Gasteiger partial charge in [0.15, 0.2) is 0 Å². The van der Waals surface area contributed by atoms with Crippen LogP contribution in [0.2, 0.25) is 0 Å². The van der Waals surface area contributed by atoms with Gasteiger partial charge in [0.05, 0.1) is 37.7 Å². The van der Waals surface area contributed by atoms with Gasteiger partial charge in [-0.3, -0.25) is 0 Å². The third kappa shape index (κ3) is 9.73. The van der Waals surface area contributed by atoms with Gasteiger partial charge in [0, 0.05) is 34.3 Å². The smallest absolute Gasteiger partial charge is 0.328 e. The van der Waals surface area contributed by atoms with E-state index in [-0.39, 0.29) is 0 Å². The summed E-state index contributed by atoms with van der Waals surface area (Å²) < 4.78 is 13.3. The topological polar surface area (TPSA) is 95.7 Å². The molecule has 0 atom stereocenters. The molecule has 12 heteroatoms. The van der Waals surface area contributed by atoms with E-state index in [1.54, 1.807) is 0 Å². The number of benzene rings is 8. The lowest BCUT2D eigenvalue weighted by molar-refractivity contribution is 0.249. The first-order valence-corrected chi connectivity index (χ1v) is 28.9. The SMILES string of the molecule is CCN(CC)CCCOc1ccc(-c2c3/c(=C(\C#N)c4nc5ccccc5s4)n(B(c4ccccc4)c4ccccc4)c(-c4ccccc4C)c3/c(=C(\C#N)c3nc4ccccc4s3)n2B(c2ccccc2)c2ccccc2)cc1. The number of para-hydroxylation sites is 2. The number of aryl methyl sites for hydroxylation is 1. The van der Waals surface area contributed by atoms with Crippen LogP contribution < -0.4 is 37.3 Å². The zero-order valence-electron chi connectivity index (χ0n) is 44.8. The largest absolute Gasteiger partial charge is 0.494 e. The highest BCUT2D eigenvalue weighted by molar-refractivity contribution is 7.20. The van der Waals surface area contributed by atoms with Gasteiger partial charge in [-0.15, -0.1) is 22.7 Å². The summed E-state index contributed by atoms with van der Waals surface area (Å²) in [5.74, 6) is 0.759. The molecule has 0 amide bonds. The molecule has 8 aromatic carbocycles. The van der Waals surface area contributed by atoms with Crippen molar-refractivity contribution in [1.29, 1.82) is 10.5 Å². The number of hydrogen-bond acceptors (Lipinski definition) is 8. The van der Waals surface area contributed by atoms with Crippen LogP contribution in [-0.4, -0.2) is 63.8 Å². The molecule has 12 rings (SSSR count). The summed E-state index contributed by atoms with van der Waals surface area (Å²) in [4.78, 5) is 13.1. The fourth-order valence-corrected chi connectivity index (χ4v) is 13.3. The Bertz CT molecular complexity index is 4140. The van der Waals surface area contributed by atoms with Crippen molar-refractivity contribution in [3.63, 3.8) is 0 Å². The van der Waals surface area contributed by atoms with Crippen molar-refractivity contribution in [1.82, 2.24) is 23.8 Å². The first-order chi connectivity index (χ1) is 39.5. The van der Waals surface area contributed by atoms with Gasteiger partial charge in [-0.2, -0.15) is 10.5 Å². The maximum Gasteiger partial charge on any atom is 0.328 e. The Kier molecular flexibility index (Phi) is 14.9. The van der Waals surface area contributed by atoms with Crippen molar-refractivity contribution >= 4 is 101 Å². The molecule has 0 spiro atoms. The molecule has 0 aliphatic heterocycles. The van der Waals surface area contributed by atoms with Crippen molar-refractivity contribution < 1.29 is 4.74 Å². The van der Waals surface area contributed by atoms with Gasteiger partial charge in [-0.25, -0.2) is 9.97 Å². The van der Waals surface area contributed by atoms with Gasteiger partial charge in [-0.1, -0.05) is 206 Å². The summed E-state index contributed by atoms with van der Waals surface area (Å²) in [6, 6.07) is 81.1. The summed E-state index contributed by atoms with van der Waals surface area (Å²) in [5, 5.41) is 28.8. The van der Waals surface area contributed by atoms with Crippen LogP contribution in [0, 0.1) is 29.6 Å². The second-order valence-corrected chi connectivity index (χ2v) is 21.9. The molecule has 0 saturated carbocycles. The second kappa shape index (κ2) is 23.1. The van der Waals surface area contributed by atoms with Crippen LogP contribution >= 0.6 is 22.7 Å². The molecular weight excluding hydrogens is 1020 g/mol. The van der Waals surface area contributed by atoms with Gasteiger partial charge < -0.3 is 18.6 Å². The third-order valence-electron chi connectivity index (χ3n) is 15.2. The van der Waals surface area contributed by atoms with Gasteiger partial charge in [0.1, 0.15) is 39.0 Å². The maximum absolute atomic E-state index is 12.3. The van der Waals surface area contributed by atoms with Crippen LogP contribution in [-0.2, 0) is 0 Å². The Balaban J connectivity index is 1.36. The van der Waals surface area contributed by atoms with E-state index in [2.05, 4.69) is 204 Å². The predicted octanol–water partition coefficient (Wildman–Crippen LogP) is 11.2. The summed E-state index contributed by atoms with van der Waals surface area (Å²) >= 11 is 3.03. The lowest BCUT2D eigenvalue weighted by Crippen LogP contribution is -2.54. The number of hydrogen-bond donors (Lipinski definition) is 0. The third-order valence-corrected chi connectivity index (χ3v) is 17.3. The number of nitrogens with zero attached hydrogens (tertiary/aromatic N) is 7. The normalized spacial score (nSPS) is 12.2. The Labute approximate surface area is 475 Å². The molecule has 0 N–H and O–H groups in total. The number of nitriles is 2. The van der Waals surface area contributed by atoms with Gasteiger partial charge in [0.25, 0.3) is 0 Å². The number of ether oxygens (including phenoxy) is 1. The van der Waals surface area contributed by atoms with Crippen LogP contribution in [0.25, 0.3) is 64.9 Å². The van der Waals surface area contributed by atoms with E-state index in [0.717, 1.165) is 113 Å². The van der Waals surface area contributed by atoms with Crippen molar-refractivity contribution in [2.75, 3.05) is 26.2 Å². The molecule has 8 nitrogen and oxygen atoms in total. The second-order valence-electron chi connectivity index (χ2n) is 19.8. The van der Waals surface area contributed by atoms with Crippen LogP contribution in [0.4, 0.5) is 0 Å². The van der Waals surface area contributed by atoms with Crippen LogP contribution in [0.15, 0.2) is 218 Å². The van der Waals surface area contributed by atoms with Crippen LogP contribution in [0.1, 0.15) is 35.8 Å². The summed E-state index contributed by atoms with van der Waals surface area (Å²) in [7, 11) is 0. The molecule has 4 heterocycles. The number of rotatable bonds is 17. The fourth-order valence-electron chi connectivity index (χ4n) is 11.4. The average Bonchev–Trinajstić information content (AvgIpc) is 4.35. The molecule has 80 heavy (non-hydrogen) atoms. The van der Waals surface area contributed by atoms with Crippen LogP contribution in [0.3, 0.4) is 0 Å². The van der Waals surface area contributed by atoms with Gasteiger partial charge in [-0.05, 0) is 86.1 Å². The first kappa shape index (κ1) is 51.7. The van der Waals surface area contributed by atoms with E-state index < -0.39 is 13.7 Å². The fraction of sp³-hybridized carbons (Fsp3) is 0.118. The zero-order valence-corrected chi connectivity index (χ0v) is 46.5. The van der Waals surface area contributed by atoms with E-state index in [1.165, 1.54) is 22.7 Å². The molecular formula is C68H55B2N7OS2. The average molecular weight is 1070 g/mol. The molecule has 386 valence electrons. The lowest BCUT2D eigenvalue weighted by Gasteiger charge is -2.24. The Morgan fingerprint density at radius 2 is 0.925 bits per heavy atom. The van der Waals surface area contributed by atoms with Crippen LogP contribution in [0.5, 0.6) is 5.75 Å². The Morgan fingerprint density at radius 1 is 0.512 bits per heavy atom. The number of fused-ring (bicyclic) bond motifs is 3. The van der Waals surface area contributed by atoms with E-state index in [4.69, 9.17) is 14.7 Å². The zero-order chi connectivity index (χ0) is 54.5. The lowest BCUT2D eigenvalue weighted by atomic mass is 9.50. The van der Waals surface area contributed by atoms with Crippen molar-refractivity contribution in [3.05, 3.63) is 245 Å². The Morgan fingerprint density at radius 3 is 1.36 bits per heavy atom. The first-order valence-electron chi connectivity index (χ1n) is 27.3. The minimum atomic E-state index is -0.499. The molecule has 4 aromatic heterocycles. The number of thiazole rings is 2. The van der Waals surface area contributed by atoms with Gasteiger partial charge in [0.2, 0.25) is 0 Å². The highest BCUT2D eigenvalue weighted by Crippen LogP contribution is 2.39. The summed E-state index contributed by atoms with van der Waals surface area (Å²) in [6.07, 6.45) is 0.895. The molecule has 0 saturated heterocycles. The molecule has 0 unspecified atom stereocenters. The predicted molar refractivity (Wildman–Crippen MR) is 335 cm³/mol. The summed E-state index contributed by atoms with van der Waals surface area (Å²) in [6.45, 7) is 9.07. The van der Waals surface area contributed by atoms with Gasteiger partial charge >= 0.3 is 13.7 Å². The van der Waals surface area contributed by atoms with Crippen molar-refractivity contribution in [2.45, 2.75) is 27.2 Å². The molecule has 12 aromatic rings. The molecule has 0 aliphatic rings. The summed E-state index contributed by atoms with van der Waals surface area (Å²) in [5.41, 5.74) is 11.1. The quantitative estimate of drug-likeness (QED) is 0.0666. The Hall–Kier alpha value is -9.03. The van der Waals surface area contributed by atoms with E-state index in [0.29, 0.717) is 38.5 Å². The monoisotopic (exact) mass is 1070 g/mol. The van der Waals surface area contributed by atoms with E-state index in [1.807, 2.05) is 60.7 Å². The van der Waals surface area contributed by atoms with Crippen molar-refractivity contribution in [3.8, 4) is 40.4 Å². The minimum absolute atomic E-state index is 0.417. The van der Waals surface area contributed by atoms with E-state index >= 15 is 0 Å². The standard InChI is InChI=1S/C68H55B2N7OS2/c1-4-75(5-2)43-24-44-78-53-41-39-48(40-42-53)63-61-62(66(56(46-72)68-74-58-36-21-23-38-60(58)80-68)76(63)69(49-26-10-6-11-27-49)50-28-12-7-13-29-50)64(54-34-19-18-25-47(54)3)77(70(51-30-14-8-15-31-51)52-32-16-9-17-33-52)65(61)55(45-71)67-73-57-35-20-22-37-59(57)79-67/h6-23,25-42H,4-5,24,43-44H2,1-3H3/b65-55-,66-56-. The molecule has 0 fully saturated rings. The molecule has 0 aliphatic carbocycles. The highest BCUT2D eigenvalue weighted by Gasteiger charge is 2.38.